The lowest BCUT2D eigenvalue weighted by atomic mass is 10.3. The number of ether oxygens (including phenoxy) is 1. The third-order valence-corrected chi connectivity index (χ3v) is 5.64. The summed E-state index contributed by atoms with van der Waals surface area (Å²) >= 11 is 4.63. The Hall–Kier alpha value is -1.72. The fourth-order valence-corrected chi connectivity index (χ4v) is 4.68. The summed E-state index contributed by atoms with van der Waals surface area (Å²) in [6.45, 7) is 7.82. The molecule has 0 amide bonds. The summed E-state index contributed by atoms with van der Waals surface area (Å²) in [5.41, 5.74) is 4.18. The molecule has 0 saturated carbocycles. The van der Waals surface area contributed by atoms with E-state index < -0.39 is 0 Å². The highest BCUT2D eigenvalue weighted by molar-refractivity contribution is 8.03. The maximum atomic E-state index is 11.4. The molecule has 0 fully saturated rings. The van der Waals surface area contributed by atoms with Gasteiger partial charge in [-0.15, -0.1) is 10.2 Å². The van der Waals surface area contributed by atoms with Gasteiger partial charge >= 0.3 is 5.97 Å². The topological polar surface area (TPSA) is 102 Å². The summed E-state index contributed by atoms with van der Waals surface area (Å²) in [7, 11) is 0. The molecule has 0 aromatic carbocycles. The number of rotatable bonds is 9. The van der Waals surface area contributed by atoms with E-state index in [9.17, 15) is 4.79 Å². The number of aryl methyl sites for hydroxylation is 1. The normalized spacial score (nSPS) is 11.5. The second kappa shape index (κ2) is 10.4. The molecule has 2 aromatic rings. The van der Waals surface area contributed by atoms with E-state index in [2.05, 4.69) is 37.6 Å². The predicted octanol–water partition coefficient (Wildman–Crippen LogP) is 3.64. The second-order valence-electron chi connectivity index (χ2n) is 4.98. The monoisotopic (exact) mass is 412 g/mol. The van der Waals surface area contributed by atoms with Crippen LogP contribution in [0.4, 0.5) is 5.95 Å². The first kappa shape index (κ1) is 20.6. The zero-order valence-electron chi connectivity index (χ0n) is 15.0. The van der Waals surface area contributed by atoms with Gasteiger partial charge in [0.25, 0.3) is 0 Å². The Morgan fingerprint density at radius 1 is 1.31 bits per heavy atom. The van der Waals surface area contributed by atoms with Crippen molar-refractivity contribution in [3.8, 4) is 0 Å². The first-order valence-electron chi connectivity index (χ1n) is 7.94. The number of carbonyl (C=O) groups is 1. The van der Waals surface area contributed by atoms with Crippen molar-refractivity contribution in [1.82, 2.24) is 20.2 Å². The van der Waals surface area contributed by atoms with Crippen molar-refractivity contribution in [2.24, 2.45) is 5.10 Å². The van der Waals surface area contributed by atoms with E-state index in [1.54, 1.807) is 25.6 Å². The van der Waals surface area contributed by atoms with Crippen LogP contribution in [0.2, 0.25) is 0 Å². The summed E-state index contributed by atoms with van der Waals surface area (Å²) in [6.07, 6.45) is 0.122. The minimum Gasteiger partial charge on any atom is -0.466 e. The smallest absolute Gasteiger partial charge is 0.311 e. The standard InChI is InChI=1S/C15H20N6O2S3/c1-5-23-12(22)8-10(4)18-19-13-16-9(3)7-11(17-13)25-15-21-20-14(26-15)24-6-2/h7H,5-6,8H2,1-4H3,(H,16,17,19)/b18-10-. The molecule has 26 heavy (non-hydrogen) atoms. The van der Waals surface area contributed by atoms with E-state index in [0.717, 1.165) is 25.2 Å². The summed E-state index contributed by atoms with van der Waals surface area (Å²) < 4.78 is 6.66. The van der Waals surface area contributed by atoms with Crippen LogP contribution in [0.15, 0.2) is 24.9 Å². The van der Waals surface area contributed by atoms with Crippen molar-refractivity contribution in [2.75, 3.05) is 17.8 Å². The highest BCUT2D eigenvalue weighted by Crippen LogP contribution is 2.32. The molecule has 2 aromatic heterocycles. The number of hydrogen-bond acceptors (Lipinski definition) is 11. The number of anilines is 1. The zero-order valence-corrected chi connectivity index (χ0v) is 17.4. The largest absolute Gasteiger partial charge is 0.466 e. The van der Waals surface area contributed by atoms with Crippen LogP contribution in [0, 0.1) is 6.92 Å². The molecule has 0 radical (unpaired) electrons. The van der Waals surface area contributed by atoms with Gasteiger partial charge in [-0.05, 0) is 44.4 Å². The van der Waals surface area contributed by atoms with Crippen LogP contribution in [-0.4, -0.2) is 44.2 Å². The van der Waals surface area contributed by atoms with E-state index in [1.807, 2.05) is 13.0 Å². The lowest BCUT2D eigenvalue weighted by Crippen LogP contribution is -2.10. The van der Waals surface area contributed by atoms with Gasteiger partial charge < -0.3 is 4.74 Å². The van der Waals surface area contributed by atoms with Gasteiger partial charge in [0.2, 0.25) is 5.95 Å². The minimum atomic E-state index is -0.311. The van der Waals surface area contributed by atoms with Gasteiger partial charge in [-0.1, -0.05) is 30.0 Å². The third kappa shape index (κ3) is 6.89. The molecular formula is C15H20N6O2S3. The molecule has 0 atom stereocenters. The zero-order chi connectivity index (χ0) is 18.9. The Balaban J connectivity index is 2.02. The van der Waals surface area contributed by atoms with Crippen LogP contribution < -0.4 is 5.43 Å². The van der Waals surface area contributed by atoms with Gasteiger partial charge in [-0.3, -0.25) is 4.79 Å². The van der Waals surface area contributed by atoms with Crippen LogP contribution >= 0.6 is 34.9 Å². The molecule has 0 spiro atoms. The first-order valence-corrected chi connectivity index (χ1v) is 10.6. The van der Waals surface area contributed by atoms with E-state index in [-0.39, 0.29) is 12.4 Å². The number of aromatic nitrogens is 4. The molecule has 11 heteroatoms. The van der Waals surface area contributed by atoms with Gasteiger partial charge in [0.05, 0.1) is 13.0 Å². The van der Waals surface area contributed by atoms with Crippen molar-refractivity contribution in [3.05, 3.63) is 11.8 Å². The molecule has 0 saturated heterocycles. The molecule has 2 heterocycles. The van der Waals surface area contributed by atoms with Crippen molar-refractivity contribution in [3.63, 3.8) is 0 Å². The number of hydrogen-bond donors (Lipinski definition) is 1. The van der Waals surface area contributed by atoms with E-state index in [4.69, 9.17) is 4.74 Å². The van der Waals surface area contributed by atoms with Crippen molar-refractivity contribution in [2.45, 2.75) is 47.8 Å². The molecule has 0 unspecified atom stereocenters. The van der Waals surface area contributed by atoms with Crippen molar-refractivity contribution in [1.29, 1.82) is 0 Å². The Kier molecular flexibility index (Phi) is 8.26. The third-order valence-electron chi connectivity index (χ3n) is 2.73. The quantitative estimate of drug-likeness (QED) is 0.217. The summed E-state index contributed by atoms with van der Waals surface area (Å²) in [5.74, 6) is 1.01. The van der Waals surface area contributed by atoms with Crippen molar-refractivity contribution >= 4 is 52.5 Å². The lowest BCUT2D eigenvalue weighted by molar-refractivity contribution is -0.141. The highest BCUT2D eigenvalue weighted by atomic mass is 32.2. The maximum Gasteiger partial charge on any atom is 0.311 e. The van der Waals surface area contributed by atoms with E-state index in [0.29, 0.717) is 18.3 Å². The van der Waals surface area contributed by atoms with Crippen LogP contribution in [-0.2, 0) is 9.53 Å². The molecule has 8 nitrogen and oxygen atoms in total. The average Bonchev–Trinajstić information content (AvgIpc) is 3.00. The van der Waals surface area contributed by atoms with Gasteiger partial charge in [-0.2, -0.15) is 5.10 Å². The van der Waals surface area contributed by atoms with Crippen LogP contribution in [0.5, 0.6) is 0 Å². The molecule has 0 bridgehead atoms. The predicted molar refractivity (Wildman–Crippen MR) is 105 cm³/mol. The Morgan fingerprint density at radius 2 is 2.08 bits per heavy atom. The lowest BCUT2D eigenvalue weighted by Gasteiger charge is -2.05. The second-order valence-corrected chi connectivity index (χ2v) is 8.74. The van der Waals surface area contributed by atoms with Gasteiger partial charge in [-0.25, -0.2) is 15.4 Å². The number of nitrogens with zero attached hydrogens (tertiary/aromatic N) is 5. The summed E-state index contributed by atoms with van der Waals surface area (Å²) in [5, 5.41) is 13.2. The number of esters is 1. The van der Waals surface area contributed by atoms with E-state index in [1.165, 1.54) is 23.1 Å². The van der Waals surface area contributed by atoms with Gasteiger partial charge in [0, 0.05) is 11.4 Å². The molecule has 140 valence electrons. The highest BCUT2D eigenvalue weighted by Gasteiger charge is 2.10. The Morgan fingerprint density at radius 3 is 2.81 bits per heavy atom. The maximum absolute atomic E-state index is 11.4. The molecule has 1 N–H and O–H groups in total. The molecule has 0 aliphatic heterocycles. The van der Waals surface area contributed by atoms with Crippen LogP contribution in [0.3, 0.4) is 0 Å². The van der Waals surface area contributed by atoms with Gasteiger partial charge in [0.1, 0.15) is 5.03 Å². The van der Waals surface area contributed by atoms with Crippen LogP contribution in [0.25, 0.3) is 0 Å². The summed E-state index contributed by atoms with van der Waals surface area (Å²) in [6, 6.07) is 1.87. The average molecular weight is 413 g/mol. The molecule has 2 rings (SSSR count). The molecule has 0 aliphatic carbocycles. The van der Waals surface area contributed by atoms with Crippen LogP contribution in [0.1, 0.15) is 32.9 Å². The molecule has 0 aliphatic rings. The number of nitrogens with one attached hydrogen (secondary N) is 1. The fourth-order valence-electron chi connectivity index (χ4n) is 1.76. The number of carbonyl (C=O) groups excluding carboxylic acids is 1. The Bertz CT molecular complexity index is 780. The molecular weight excluding hydrogens is 392 g/mol. The SMILES string of the molecule is CCOC(=O)C/C(C)=N\Nc1nc(C)cc(Sc2nnc(SCC)s2)n1. The Labute approximate surface area is 164 Å². The minimum absolute atomic E-state index is 0.122. The first-order chi connectivity index (χ1) is 12.5. The van der Waals surface area contributed by atoms with Crippen molar-refractivity contribution < 1.29 is 9.53 Å². The summed E-state index contributed by atoms with van der Waals surface area (Å²) in [4.78, 5) is 20.2. The number of hydrazone groups is 1. The van der Waals surface area contributed by atoms with E-state index >= 15 is 0 Å². The fraction of sp³-hybridized carbons (Fsp3) is 0.467. The van der Waals surface area contributed by atoms with Gasteiger partial charge in [0.15, 0.2) is 8.68 Å². The number of thioether (sulfide) groups is 1.